The third-order valence-corrected chi connectivity index (χ3v) is 4.65. The monoisotopic (exact) mass is 299 g/mol. The molecule has 1 fully saturated rings. The molecule has 0 aliphatic carbocycles. The van der Waals surface area contributed by atoms with Crippen LogP contribution >= 0.6 is 0 Å². The first-order chi connectivity index (χ1) is 9.53. The van der Waals surface area contributed by atoms with Crippen molar-refractivity contribution in [1.29, 1.82) is 0 Å². The smallest absolute Gasteiger partial charge is 0.341 e. The second kappa shape index (κ2) is 5.17. The molecule has 1 unspecified atom stereocenters. The summed E-state index contributed by atoms with van der Waals surface area (Å²) in [7, 11) is -3.57. The average Bonchev–Trinajstić information content (AvgIpc) is 2.90. The van der Waals surface area contributed by atoms with Crippen LogP contribution in [0.5, 0.6) is 0 Å². The van der Waals surface area contributed by atoms with Crippen molar-refractivity contribution in [3.8, 4) is 0 Å². The van der Waals surface area contributed by atoms with Gasteiger partial charge in [-0.2, -0.15) is 12.8 Å². The van der Waals surface area contributed by atoms with E-state index in [0.29, 0.717) is 31.6 Å². The molecule has 3 aliphatic rings. The van der Waals surface area contributed by atoms with Gasteiger partial charge in [0, 0.05) is 43.6 Å². The van der Waals surface area contributed by atoms with Gasteiger partial charge in [-0.25, -0.2) is 0 Å². The zero-order chi connectivity index (χ0) is 14.2. The van der Waals surface area contributed by atoms with Gasteiger partial charge in [0.2, 0.25) is 5.91 Å². The van der Waals surface area contributed by atoms with E-state index < -0.39 is 10.2 Å². The van der Waals surface area contributed by atoms with Gasteiger partial charge >= 0.3 is 10.2 Å². The van der Waals surface area contributed by atoms with Crippen molar-refractivity contribution in [2.24, 2.45) is 4.40 Å². The summed E-state index contributed by atoms with van der Waals surface area (Å²) in [4.78, 5) is 13.9. The van der Waals surface area contributed by atoms with Gasteiger partial charge in [-0.05, 0) is 12.8 Å². The number of hydrogen-bond donors (Lipinski definition) is 1. The standard InChI is InChI=1S/C12H17N3O4S/c16-12(6-10-2-1-5-19-10)15-4-3-11-9(8-15)7-13-20(17,18)14-11/h7,10,14H,1-6,8H2. The summed E-state index contributed by atoms with van der Waals surface area (Å²) in [6.07, 6.45) is 4.25. The van der Waals surface area contributed by atoms with Crippen LogP contribution in [0.1, 0.15) is 25.7 Å². The second-order valence-electron chi connectivity index (χ2n) is 5.22. The fourth-order valence-electron chi connectivity index (χ4n) is 2.68. The molecule has 3 aliphatic heterocycles. The highest BCUT2D eigenvalue weighted by Crippen LogP contribution is 2.22. The molecule has 1 atom stereocenters. The van der Waals surface area contributed by atoms with E-state index >= 15 is 0 Å². The van der Waals surface area contributed by atoms with Gasteiger partial charge in [0.15, 0.2) is 0 Å². The summed E-state index contributed by atoms with van der Waals surface area (Å²) >= 11 is 0. The van der Waals surface area contributed by atoms with Crippen molar-refractivity contribution >= 4 is 22.3 Å². The molecule has 0 aromatic rings. The lowest BCUT2D eigenvalue weighted by atomic mass is 10.1. The van der Waals surface area contributed by atoms with Crippen LogP contribution < -0.4 is 4.72 Å². The van der Waals surface area contributed by atoms with Gasteiger partial charge in [-0.1, -0.05) is 0 Å². The molecule has 0 radical (unpaired) electrons. The Morgan fingerprint density at radius 2 is 2.40 bits per heavy atom. The van der Waals surface area contributed by atoms with Crippen LogP contribution in [-0.2, 0) is 19.7 Å². The largest absolute Gasteiger partial charge is 0.378 e. The molecule has 0 saturated carbocycles. The van der Waals surface area contributed by atoms with Crippen molar-refractivity contribution in [2.45, 2.75) is 31.8 Å². The normalized spacial score (nSPS) is 28.2. The SMILES string of the molecule is O=C(CC1CCCO1)N1CCC2=C(C=NS(=O)(=O)N2)C1. The number of carbonyl (C=O) groups excluding carboxylic acids is 1. The van der Waals surface area contributed by atoms with Crippen LogP contribution in [0.15, 0.2) is 15.7 Å². The Kier molecular flexibility index (Phi) is 3.51. The van der Waals surface area contributed by atoms with Crippen molar-refractivity contribution in [3.63, 3.8) is 0 Å². The summed E-state index contributed by atoms with van der Waals surface area (Å²) in [6.45, 7) is 1.68. The predicted molar refractivity (Wildman–Crippen MR) is 72.4 cm³/mol. The van der Waals surface area contributed by atoms with Crippen molar-refractivity contribution in [3.05, 3.63) is 11.3 Å². The highest BCUT2D eigenvalue weighted by Gasteiger charge is 2.28. The summed E-state index contributed by atoms with van der Waals surface area (Å²) in [5.41, 5.74) is 1.42. The summed E-state index contributed by atoms with van der Waals surface area (Å²) in [5.74, 6) is 0.0604. The molecule has 1 amide bonds. The van der Waals surface area contributed by atoms with E-state index in [1.807, 2.05) is 0 Å². The van der Waals surface area contributed by atoms with Crippen molar-refractivity contribution < 1.29 is 17.9 Å². The van der Waals surface area contributed by atoms with E-state index in [9.17, 15) is 13.2 Å². The summed E-state index contributed by atoms with van der Waals surface area (Å²) < 4.78 is 34.0. The highest BCUT2D eigenvalue weighted by molar-refractivity contribution is 7.88. The Morgan fingerprint density at radius 1 is 1.55 bits per heavy atom. The number of nitrogens with zero attached hydrogens (tertiary/aromatic N) is 2. The summed E-state index contributed by atoms with van der Waals surface area (Å²) in [6, 6.07) is 0. The third-order valence-electron chi connectivity index (χ3n) is 3.76. The van der Waals surface area contributed by atoms with Crippen LogP contribution in [-0.4, -0.2) is 51.2 Å². The highest BCUT2D eigenvalue weighted by atomic mass is 32.2. The number of nitrogens with one attached hydrogen (secondary N) is 1. The van der Waals surface area contributed by atoms with E-state index in [2.05, 4.69) is 9.12 Å². The summed E-state index contributed by atoms with van der Waals surface area (Å²) in [5, 5.41) is 0. The van der Waals surface area contributed by atoms with E-state index in [-0.39, 0.29) is 12.0 Å². The van der Waals surface area contributed by atoms with Crippen molar-refractivity contribution in [1.82, 2.24) is 9.62 Å². The number of carbonyl (C=O) groups is 1. The predicted octanol–water partition coefficient (Wildman–Crippen LogP) is -0.0393. The maximum absolute atomic E-state index is 12.2. The van der Waals surface area contributed by atoms with Gasteiger partial charge in [0.05, 0.1) is 12.5 Å². The van der Waals surface area contributed by atoms with Crippen LogP contribution in [0.4, 0.5) is 0 Å². The van der Waals surface area contributed by atoms with Gasteiger partial charge < -0.3 is 9.64 Å². The molecule has 3 rings (SSSR count). The first kappa shape index (κ1) is 13.6. The number of rotatable bonds is 2. The molecule has 1 N–H and O–H groups in total. The zero-order valence-corrected chi connectivity index (χ0v) is 11.9. The molecular formula is C12H17N3O4S. The molecule has 110 valence electrons. The zero-order valence-electron chi connectivity index (χ0n) is 11.0. The lowest BCUT2D eigenvalue weighted by molar-refractivity contribution is -0.133. The first-order valence-corrected chi connectivity index (χ1v) is 8.17. The van der Waals surface area contributed by atoms with Gasteiger partial charge in [-0.3, -0.25) is 9.52 Å². The number of hydrogen-bond acceptors (Lipinski definition) is 4. The molecule has 7 nitrogen and oxygen atoms in total. The Morgan fingerprint density at radius 3 is 3.15 bits per heavy atom. The Bertz CT molecular complexity index is 576. The Balaban J connectivity index is 1.63. The van der Waals surface area contributed by atoms with E-state index in [4.69, 9.17) is 4.74 Å². The number of ether oxygens (including phenoxy) is 1. The lowest BCUT2D eigenvalue weighted by Crippen LogP contribution is -2.42. The van der Waals surface area contributed by atoms with Crippen LogP contribution in [0.3, 0.4) is 0 Å². The molecule has 0 bridgehead atoms. The van der Waals surface area contributed by atoms with E-state index in [1.54, 1.807) is 4.90 Å². The second-order valence-corrected chi connectivity index (χ2v) is 6.58. The fraction of sp³-hybridized carbons (Fsp3) is 0.667. The molecule has 3 heterocycles. The van der Waals surface area contributed by atoms with Crippen LogP contribution in [0, 0.1) is 0 Å². The first-order valence-electron chi connectivity index (χ1n) is 6.73. The van der Waals surface area contributed by atoms with Gasteiger partial charge in [0.1, 0.15) is 0 Å². The van der Waals surface area contributed by atoms with Crippen LogP contribution in [0.25, 0.3) is 0 Å². The number of amides is 1. The van der Waals surface area contributed by atoms with Gasteiger partial charge in [-0.15, -0.1) is 0 Å². The topological polar surface area (TPSA) is 88.1 Å². The maximum Gasteiger partial charge on any atom is 0.341 e. The molecule has 0 aromatic heterocycles. The van der Waals surface area contributed by atoms with E-state index in [1.165, 1.54) is 6.21 Å². The minimum atomic E-state index is -3.57. The Labute approximate surface area is 117 Å². The molecule has 0 spiro atoms. The van der Waals surface area contributed by atoms with Gasteiger partial charge in [0.25, 0.3) is 0 Å². The Hall–Kier alpha value is -1.41. The molecule has 1 saturated heterocycles. The third kappa shape index (κ3) is 2.85. The quantitative estimate of drug-likeness (QED) is 0.775. The van der Waals surface area contributed by atoms with Crippen LogP contribution in [0.2, 0.25) is 0 Å². The molecule has 0 aromatic carbocycles. The van der Waals surface area contributed by atoms with Crippen molar-refractivity contribution in [2.75, 3.05) is 19.7 Å². The average molecular weight is 299 g/mol. The lowest BCUT2D eigenvalue weighted by Gasteiger charge is -2.31. The van der Waals surface area contributed by atoms with E-state index in [0.717, 1.165) is 25.0 Å². The minimum Gasteiger partial charge on any atom is -0.378 e. The molecule has 20 heavy (non-hydrogen) atoms. The maximum atomic E-state index is 12.2. The molecular weight excluding hydrogens is 282 g/mol. The molecule has 8 heteroatoms. The fourth-order valence-corrected chi connectivity index (χ4v) is 3.54. The minimum absolute atomic E-state index is 0.0383.